The SMILES string of the molecule is NC(=O)CNC(=O)COC(=O)Cc1cccc(C(F)(F)F)c1. The summed E-state index contributed by atoms with van der Waals surface area (Å²) < 4.78 is 42.1. The van der Waals surface area contributed by atoms with Gasteiger partial charge in [-0.15, -0.1) is 0 Å². The number of halogens is 3. The molecule has 6 nitrogen and oxygen atoms in total. The van der Waals surface area contributed by atoms with Gasteiger partial charge in [0.15, 0.2) is 6.61 Å². The molecule has 0 heterocycles. The molecule has 0 atom stereocenters. The molecular formula is C13H13F3N2O4. The monoisotopic (exact) mass is 318 g/mol. The molecular weight excluding hydrogens is 305 g/mol. The first-order valence-electron chi connectivity index (χ1n) is 6.05. The van der Waals surface area contributed by atoms with Crippen LogP contribution in [0.1, 0.15) is 11.1 Å². The van der Waals surface area contributed by atoms with Crippen LogP contribution in [0.3, 0.4) is 0 Å². The number of carbonyl (C=O) groups excluding carboxylic acids is 3. The van der Waals surface area contributed by atoms with Gasteiger partial charge >= 0.3 is 12.1 Å². The first-order valence-corrected chi connectivity index (χ1v) is 6.05. The molecule has 0 fully saturated rings. The van der Waals surface area contributed by atoms with E-state index in [4.69, 9.17) is 5.73 Å². The second-order valence-corrected chi connectivity index (χ2v) is 4.28. The summed E-state index contributed by atoms with van der Waals surface area (Å²) in [6.07, 6.45) is -4.92. The molecule has 0 spiro atoms. The van der Waals surface area contributed by atoms with Gasteiger partial charge in [-0.05, 0) is 11.6 Å². The number of carbonyl (C=O) groups is 3. The van der Waals surface area contributed by atoms with Crippen molar-refractivity contribution >= 4 is 17.8 Å². The summed E-state index contributed by atoms with van der Waals surface area (Å²) in [7, 11) is 0. The van der Waals surface area contributed by atoms with Crippen LogP contribution in [-0.2, 0) is 31.7 Å². The van der Waals surface area contributed by atoms with Crippen LogP contribution in [0, 0.1) is 0 Å². The molecule has 0 radical (unpaired) electrons. The van der Waals surface area contributed by atoms with Crippen LogP contribution in [0.15, 0.2) is 24.3 Å². The third kappa shape index (κ3) is 6.25. The molecule has 0 saturated heterocycles. The molecule has 0 aliphatic heterocycles. The Morgan fingerprint density at radius 1 is 1.23 bits per heavy atom. The van der Waals surface area contributed by atoms with Crippen molar-refractivity contribution in [2.75, 3.05) is 13.2 Å². The number of alkyl halides is 3. The predicted molar refractivity (Wildman–Crippen MR) is 68.3 cm³/mol. The normalized spacial score (nSPS) is 10.9. The van der Waals surface area contributed by atoms with Gasteiger partial charge in [-0.3, -0.25) is 14.4 Å². The number of amides is 2. The van der Waals surface area contributed by atoms with E-state index in [2.05, 4.69) is 10.1 Å². The summed E-state index contributed by atoms with van der Waals surface area (Å²) in [5, 5.41) is 2.09. The van der Waals surface area contributed by atoms with Crippen molar-refractivity contribution in [3.8, 4) is 0 Å². The topological polar surface area (TPSA) is 98.5 Å². The summed E-state index contributed by atoms with van der Waals surface area (Å²) in [4.78, 5) is 33.0. The molecule has 3 N–H and O–H groups in total. The van der Waals surface area contributed by atoms with Crippen molar-refractivity contribution in [1.82, 2.24) is 5.32 Å². The molecule has 1 aromatic rings. The molecule has 0 aromatic heterocycles. The molecule has 0 unspecified atom stereocenters. The van der Waals surface area contributed by atoms with Gasteiger partial charge in [0.05, 0.1) is 18.5 Å². The zero-order chi connectivity index (χ0) is 16.8. The fourth-order valence-corrected chi connectivity index (χ4v) is 1.46. The minimum absolute atomic E-state index is 0.109. The predicted octanol–water partition coefficient (Wildman–Crippen LogP) is 0.393. The van der Waals surface area contributed by atoms with Crippen molar-refractivity contribution in [2.24, 2.45) is 5.73 Å². The van der Waals surface area contributed by atoms with Gasteiger partial charge in [0.2, 0.25) is 5.91 Å². The Hall–Kier alpha value is -2.58. The second-order valence-electron chi connectivity index (χ2n) is 4.28. The molecule has 2 amide bonds. The molecule has 0 aliphatic carbocycles. The number of primary amides is 1. The van der Waals surface area contributed by atoms with Gasteiger partial charge in [-0.25, -0.2) is 0 Å². The molecule has 0 aliphatic rings. The molecule has 1 aromatic carbocycles. The number of rotatable bonds is 6. The maximum atomic E-state index is 12.5. The molecule has 9 heteroatoms. The van der Waals surface area contributed by atoms with Crippen molar-refractivity contribution < 1.29 is 32.3 Å². The van der Waals surface area contributed by atoms with E-state index >= 15 is 0 Å². The van der Waals surface area contributed by atoms with E-state index in [1.54, 1.807) is 0 Å². The van der Waals surface area contributed by atoms with E-state index < -0.39 is 49.1 Å². The van der Waals surface area contributed by atoms with Gasteiger partial charge in [-0.2, -0.15) is 13.2 Å². The van der Waals surface area contributed by atoms with E-state index in [1.165, 1.54) is 12.1 Å². The Balaban J connectivity index is 2.49. The maximum absolute atomic E-state index is 12.5. The number of hydrogen-bond acceptors (Lipinski definition) is 4. The third-order valence-corrected chi connectivity index (χ3v) is 2.43. The highest BCUT2D eigenvalue weighted by Crippen LogP contribution is 2.29. The standard InChI is InChI=1S/C13H13F3N2O4/c14-13(15,16)9-3-1-2-8(4-9)5-12(21)22-7-11(20)18-6-10(17)19/h1-4H,5-7H2,(H2,17,19)(H,18,20). The number of nitrogens with one attached hydrogen (secondary N) is 1. The van der Waals surface area contributed by atoms with Gasteiger partial charge < -0.3 is 15.8 Å². The zero-order valence-electron chi connectivity index (χ0n) is 11.3. The number of nitrogens with two attached hydrogens (primary N) is 1. The number of hydrogen-bond donors (Lipinski definition) is 2. The quantitative estimate of drug-likeness (QED) is 0.741. The minimum atomic E-state index is -4.51. The average Bonchev–Trinajstić information content (AvgIpc) is 2.42. The Labute approximate surface area is 123 Å². The van der Waals surface area contributed by atoms with Crippen LogP contribution in [0.5, 0.6) is 0 Å². The molecule has 0 bridgehead atoms. The Bertz CT molecular complexity index is 573. The lowest BCUT2D eigenvalue weighted by Gasteiger charge is -2.09. The smallest absolute Gasteiger partial charge is 0.416 e. The highest BCUT2D eigenvalue weighted by Gasteiger charge is 2.30. The fourth-order valence-electron chi connectivity index (χ4n) is 1.46. The van der Waals surface area contributed by atoms with Gasteiger partial charge in [0, 0.05) is 0 Å². The van der Waals surface area contributed by atoms with Crippen LogP contribution in [0.25, 0.3) is 0 Å². The highest BCUT2D eigenvalue weighted by molar-refractivity contribution is 5.85. The van der Waals surface area contributed by atoms with Crippen molar-refractivity contribution in [3.05, 3.63) is 35.4 Å². The van der Waals surface area contributed by atoms with E-state index in [9.17, 15) is 27.6 Å². The summed E-state index contributed by atoms with van der Waals surface area (Å²) in [5.41, 5.74) is 4.03. The van der Waals surface area contributed by atoms with Gasteiger partial charge in [0.1, 0.15) is 0 Å². The number of benzene rings is 1. The first kappa shape index (κ1) is 17.5. The minimum Gasteiger partial charge on any atom is -0.455 e. The second kappa shape index (κ2) is 7.43. The van der Waals surface area contributed by atoms with E-state index in [0.717, 1.165) is 12.1 Å². The van der Waals surface area contributed by atoms with Crippen molar-refractivity contribution in [2.45, 2.75) is 12.6 Å². The molecule has 22 heavy (non-hydrogen) atoms. The van der Waals surface area contributed by atoms with Crippen LogP contribution in [0.2, 0.25) is 0 Å². The highest BCUT2D eigenvalue weighted by atomic mass is 19.4. The van der Waals surface area contributed by atoms with Crippen molar-refractivity contribution in [1.29, 1.82) is 0 Å². The third-order valence-electron chi connectivity index (χ3n) is 2.43. The van der Waals surface area contributed by atoms with Crippen LogP contribution in [-0.4, -0.2) is 30.9 Å². The Morgan fingerprint density at radius 3 is 2.50 bits per heavy atom. The summed E-state index contributed by atoms with van der Waals surface area (Å²) in [5.74, 6) is -2.37. The number of ether oxygens (including phenoxy) is 1. The van der Waals surface area contributed by atoms with E-state index in [0.29, 0.717) is 0 Å². The Morgan fingerprint density at radius 2 is 1.91 bits per heavy atom. The van der Waals surface area contributed by atoms with Crippen LogP contribution in [0.4, 0.5) is 13.2 Å². The fraction of sp³-hybridized carbons (Fsp3) is 0.308. The van der Waals surface area contributed by atoms with E-state index in [1.807, 2.05) is 0 Å². The van der Waals surface area contributed by atoms with Gasteiger partial charge in [0.25, 0.3) is 5.91 Å². The summed E-state index contributed by atoms with van der Waals surface area (Å²) >= 11 is 0. The molecule has 0 saturated carbocycles. The lowest BCUT2D eigenvalue weighted by atomic mass is 10.1. The first-order chi connectivity index (χ1) is 10.2. The van der Waals surface area contributed by atoms with Crippen molar-refractivity contribution in [3.63, 3.8) is 0 Å². The van der Waals surface area contributed by atoms with Gasteiger partial charge in [-0.1, -0.05) is 18.2 Å². The summed E-state index contributed by atoms with van der Waals surface area (Å²) in [6.45, 7) is -1.05. The van der Waals surface area contributed by atoms with Crippen LogP contribution < -0.4 is 11.1 Å². The van der Waals surface area contributed by atoms with E-state index in [-0.39, 0.29) is 5.56 Å². The maximum Gasteiger partial charge on any atom is 0.416 e. The number of esters is 1. The zero-order valence-corrected chi connectivity index (χ0v) is 11.3. The molecule has 120 valence electrons. The molecule has 1 rings (SSSR count). The largest absolute Gasteiger partial charge is 0.455 e. The average molecular weight is 318 g/mol. The lowest BCUT2D eigenvalue weighted by Crippen LogP contribution is -2.36. The van der Waals surface area contributed by atoms with Crippen LogP contribution >= 0.6 is 0 Å². The summed E-state index contributed by atoms with van der Waals surface area (Å²) in [6, 6.07) is 4.22. The Kier molecular flexibility index (Phi) is 5.90. The lowest BCUT2D eigenvalue weighted by molar-refractivity contribution is -0.148.